The molecule has 0 atom stereocenters. The minimum atomic E-state index is -0.316. The third-order valence-electron chi connectivity index (χ3n) is 5.02. The lowest BCUT2D eigenvalue weighted by Gasteiger charge is -2.32. The molecule has 7 nitrogen and oxygen atoms in total. The van der Waals surface area contributed by atoms with Gasteiger partial charge in [-0.05, 0) is 19.2 Å². The minimum absolute atomic E-state index is 0.142. The van der Waals surface area contributed by atoms with Crippen molar-refractivity contribution < 1.29 is 9.18 Å². The van der Waals surface area contributed by atoms with Gasteiger partial charge in [0.2, 0.25) is 5.91 Å². The molecule has 0 spiro atoms. The van der Waals surface area contributed by atoms with E-state index in [4.69, 9.17) is 0 Å². The molecule has 28 heavy (non-hydrogen) atoms. The van der Waals surface area contributed by atoms with E-state index >= 15 is 0 Å². The fourth-order valence-corrected chi connectivity index (χ4v) is 3.41. The Morgan fingerprint density at radius 3 is 2.86 bits per heavy atom. The molecule has 0 bridgehead atoms. The highest BCUT2D eigenvalue weighted by Gasteiger charge is 2.19. The van der Waals surface area contributed by atoms with Crippen LogP contribution in [0, 0.1) is 5.82 Å². The van der Waals surface area contributed by atoms with E-state index < -0.39 is 0 Å². The molecule has 0 radical (unpaired) electrons. The van der Waals surface area contributed by atoms with Crippen LogP contribution in [0.4, 0.5) is 10.2 Å². The van der Waals surface area contributed by atoms with Crippen molar-refractivity contribution in [3.63, 3.8) is 0 Å². The second kappa shape index (κ2) is 7.93. The third-order valence-corrected chi connectivity index (χ3v) is 5.02. The third kappa shape index (κ3) is 3.82. The first kappa shape index (κ1) is 18.4. The van der Waals surface area contributed by atoms with Crippen LogP contribution in [-0.4, -0.2) is 69.8 Å². The molecule has 1 aromatic carbocycles. The van der Waals surface area contributed by atoms with E-state index in [2.05, 4.69) is 27.2 Å². The van der Waals surface area contributed by atoms with Gasteiger partial charge in [-0.2, -0.15) is 0 Å². The molecule has 1 fully saturated rings. The van der Waals surface area contributed by atoms with E-state index in [0.717, 1.165) is 32.0 Å². The Morgan fingerprint density at radius 2 is 2.07 bits per heavy atom. The lowest BCUT2D eigenvalue weighted by Crippen LogP contribution is -2.47. The molecule has 1 aliphatic heterocycles. The molecule has 8 heteroatoms. The average molecular weight is 382 g/mol. The second-order valence-corrected chi connectivity index (χ2v) is 6.98. The van der Waals surface area contributed by atoms with Crippen LogP contribution in [0.5, 0.6) is 0 Å². The number of nitrogens with one attached hydrogen (secondary N) is 1. The monoisotopic (exact) mass is 382 g/mol. The van der Waals surface area contributed by atoms with Gasteiger partial charge in [-0.25, -0.2) is 9.37 Å². The van der Waals surface area contributed by atoms with Crippen LogP contribution in [0.25, 0.3) is 16.9 Å². The Morgan fingerprint density at radius 1 is 1.25 bits per heavy atom. The Labute approximate surface area is 162 Å². The molecular formula is C20H23FN6O. The highest BCUT2D eigenvalue weighted by molar-refractivity contribution is 5.79. The van der Waals surface area contributed by atoms with Crippen molar-refractivity contribution in [1.82, 2.24) is 24.2 Å². The summed E-state index contributed by atoms with van der Waals surface area (Å²) in [6.45, 7) is 3.83. The van der Waals surface area contributed by atoms with Gasteiger partial charge in [0, 0.05) is 57.1 Å². The number of hydrogen-bond donors (Lipinski definition) is 1. The summed E-state index contributed by atoms with van der Waals surface area (Å²) in [5.74, 6) is 0.557. The van der Waals surface area contributed by atoms with Crippen LogP contribution in [0.1, 0.15) is 6.42 Å². The Hall–Kier alpha value is -3.00. The second-order valence-electron chi connectivity index (χ2n) is 6.98. The number of halogens is 1. The molecule has 3 heterocycles. The van der Waals surface area contributed by atoms with E-state index in [1.165, 1.54) is 12.1 Å². The van der Waals surface area contributed by atoms with Gasteiger partial charge in [0.1, 0.15) is 17.3 Å². The lowest BCUT2D eigenvalue weighted by molar-refractivity contribution is -0.132. The molecule has 1 amide bonds. The maximum absolute atomic E-state index is 13.7. The van der Waals surface area contributed by atoms with Crippen molar-refractivity contribution >= 4 is 17.4 Å². The van der Waals surface area contributed by atoms with Crippen molar-refractivity contribution in [3.05, 3.63) is 48.7 Å². The zero-order chi connectivity index (χ0) is 19.5. The van der Waals surface area contributed by atoms with Crippen molar-refractivity contribution in [3.8, 4) is 11.3 Å². The highest BCUT2D eigenvalue weighted by atomic mass is 19.1. The largest absolute Gasteiger partial charge is 0.369 e. The Kier molecular flexibility index (Phi) is 5.21. The summed E-state index contributed by atoms with van der Waals surface area (Å²) in [5.41, 5.74) is 1.98. The number of anilines is 1. The Balaban J connectivity index is 1.51. The predicted molar refractivity (Wildman–Crippen MR) is 106 cm³/mol. The fourth-order valence-electron chi connectivity index (χ4n) is 3.41. The number of fused-ring (bicyclic) bond motifs is 1. The van der Waals surface area contributed by atoms with Crippen molar-refractivity contribution in [1.29, 1.82) is 0 Å². The molecule has 1 aliphatic rings. The molecule has 1 N–H and O–H groups in total. The molecule has 0 unspecified atom stereocenters. The summed E-state index contributed by atoms with van der Waals surface area (Å²) in [7, 11) is 2.07. The van der Waals surface area contributed by atoms with E-state index in [9.17, 15) is 9.18 Å². The van der Waals surface area contributed by atoms with Crippen molar-refractivity contribution in [2.45, 2.75) is 6.42 Å². The van der Waals surface area contributed by atoms with Crippen LogP contribution >= 0.6 is 0 Å². The molecule has 3 aromatic rings. The van der Waals surface area contributed by atoms with Crippen LogP contribution in [0.15, 0.2) is 42.9 Å². The number of rotatable bonds is 5. The number of likely N-dealkylation sites (N-methyl/N-ethyl adjacent to an activating group) is 1. The van der Waals surface area contributed by atoms with E-state index in [0.29, 0.717) is 29.9 Å². The smallest absolute Gasteiger partial charge is 0.224 e. The molecule has 2 aromatic heterocycles. The van der Waals surface area contributed by atoms with Crippen molar-refractivity contribution in [2.75, 3.05) is 45.1 Å². The number of carbonyl (C=O) groups excluding carboxylic acids is 1. The van der Waals surface area contributed by atoms with Gasteiger partial charge in [-0.15, -0.1) is 0 Å². The standard InChI is InChI=1S/C20H23FN6O/c1-25-9-11-26(12-10-25)18(28)5-6-23-20-19(15-3-2-4-16(21)13-15)24-17-14-22-7-8-27(17)20/h2-4,7-8,13-14,23H,5-6,9-12H2,1H3. The summed E-state index contributed by atoms with van der Waals surface area (Å²) in [6, 6.07) is 6.34. The summed E-state index contributed by atoms with van der Waals surface area (Å²) >= 11 is 0. The maximum Gasteiger partial charge on any atom is 0.224 e. The summed E-state index contributed by atoms with van der Waals surface area (Å²) in [5, 5.41) is 3.33. The molecule has 0 aliphatic carbocycles. The van der Waals surface area contributed by atoms with Gasteiger partial charge in [0.15, 0.2) is 5.65 Å². The first-order valence-corrected chi connectivity index (χ1v) is 9.40. The molecule has 0 saturated carbocycles. The predicted octanol–water partition coefficient (Wildman–Crippen LogP) is 2.11. The van der Waals surface area contributed by atoms with Crippen molar-refractivity contribution in [2.24, 2.45) is 0 Å². The molecule has 1 saturated heterocycles. The van der Waals surface area contributed by atoms with E-state index in [1.807, 2.05) is 15.4 Å². The van der Waals surface area contributed by atoms with Gasteiger partial charge >= 0.3 is 0 Å². The van der Waals surface area contributed by atoms with Crippen LogP contribution < -0.4 is 5.32 Å². The zero-order valence-electron chi connectivity index (χ0n) is 15.8. The minimum Gasteiger partial charge on any atom is -0.369 e. The van der Waals surface area contributed by atoms with Gasteiger partial charge in [-0.1, -0.05) is 12.1 Å². The zero-order valence-corrected chi connectivity index (χ0v) is 15.8. The fraction of sp³-hybridized carbons (Fsp3) is 0.350. The number of amides is 1. The van der Waals surface area contributed by atoms with Gasteiger partial charge < -0.3 is 15.1 Å². The maximum atomic E-state index is 13.7. The number of hydrogen-bond acceptors (Lipinski definition) is 5. The van der Waals surface area contributed by atoms with Gasteiger partial charge in [0.25, 0.3) is 0 Å². The first-order chi connectivity index (χ1) is 13.6. The molecule has 146 valence electrons. The lowest BCUT2D eigenvalue weighted by atomic mass is 10.1. The number of carbonyl (C=O) groups is 1. The number of aromatic nitrogens is 3. The average Bonchev–Trinajstić information content (AvgIpc) is 3.07. The topological polar surface area (TPSA) is 65.8 Å². The van der Waals surface area contributed by atoms with Crippen LogP contribution in [-0.2, 0) is 4.79 Å². The highest BCUT2D eigenvalue weighted by Crippen LogP contribution is 2.28. The number of benzene rings is 1. The van der Waals surface area contributed by atoms with Crippen LogP contribution in [0.2, 0.25) is 0 Å². The quantitative estimate of drug-likeness (QED) is 0.732. The normalized spacial score (nSPS) is 15.1. The number of piperazine rings is 1. The SMILES string of the molecule is CN1CCN(C(=O)CCNc2c(-c3cccc(F)c3)nc3cnccn23)CC1. The Bertz CT molecular complexity index is 980. The van der Waals surface area contributed by atoms with E-state index in [1.54, 1.807) is 24.7 Å². The van der Waals surface area contributed by atoms with E-state index in [-0.39, 0.29) is 11.7 Å². The number of imidazole rings is 1. The van der Waals surface area contributed by atoms with Crippen LogP contribution in [0.3, 0.4) is 0 Å². The summed E-state index contributed by atoms with van der Waals surface area (Å²) < 4.78 is 15.6. The molecular weight excluding hydrogens is 359 g/mol. The number of nitrogens with zero attached hydrogens (tertiary/aromatic N) is 5. The summed E-state index contributed by atoms with van der Waals surface area (Å²) in [4.78, 5) is 25.3. The summed E-state index contributed by atoms with van der Waals surface area (Å²) in [6.07, 6.45) is 5.52. The van der Waals surface area contributed by atoms with Gasteiger partial charge in [0.05, 0.1) is 6.20 Å². The molecule has 4 rings (SSSR count). The van der Waals surface area contributed by atoms with Gasteiger partial charge in [-0.3, -0.25) is 14.2 Å². The first-order valence-electron chi connectivity index (χ1n) is 9.40.